The second-order valence-electron chi connectivity index (χ2n) is 8.24. The fraction of sp³-hybridized carbons (Fsp3) is 0.583. The lowest BCUT2D eigenvalue weighted by Gasteiger charge is -2.27. The molecule has 7 nitrogen and oxygen atoms in total. The first kappa shape index (κ1) is 25.5. The summed E-state index contributed by atoms with van der Waals surface area (Å²) < 4.78 is 7.66. The molecule has 1 aromatic rings. The third kappa shape index (κ3) is 5.51. The molecule has 0 N–H and O–H groups in total. The molecule has 0 bridgehead atoms. The highest BCUT2D eigenvalue weighted by Crippen LogP contribution is 2.36. The molecular formula is C24H32N4O3S2. The van der Waals surface area contributed by atoms with E-state index in [-0.39, 0.29) is 17.0 Å². The maximum Gasteiger partial charge on any atom is 0.270 e. The zero-order chi connectivity index (χ0) is 24.0. The van der Waals surface area contributed by atoms with E-state index in [0.29, 0.717) is 47.5 Å². The lowest BCUT2D eigenvalue weighted by molar-refractivity contribution is -0.122. The molecule has 178 valence electrons. The van der Waals surface area contributed by atoms with Crippen LogP contribution in [0.3, 0.4) is 0 Å². The number of unbranched alkanes of at least 4 members (excludes halogenated alkanes) is 1. The van der Waals surface area contributed by atoms with E-state index in [1.165, 1.54) is 11.8 Å². The Balaban J connectivity index is 2.07. The summed E-state index contributed by atoms with van der Waals surface area (Å²) in [7, 11) is 0. The van der Waals surface area contributed by atoms with Gasteiger partial charge in [-0.1, -0.05) is 37.3 Å². The standard InChI is InChI=1S/C24H32N4O3S2/c1-4-6-12-27-21(26-10-7-8-11-26)18(17(3)19(16-25)22(27)29)15-20-23(30)28(24(32)33-20)13-9-14-31-5-2/h15H,4-14H2,1-3H3/b20-15-. The first-order valence-corrected chi connectivity index (χ1v) is 12.9. The lowest BCUT2D eigenvalue weighted by Crippen LogP contribution is -2.33. The van der Waals surface area contributed by atoms with Gasteiger partial charge in [0.15, 0.2) is 0 Å². The molecule has 0 atom stereocenters. The van der Waals surface area contributed by atoms with Gasteiger partial charge in [-0.3, -0.25) is 19.1 Å². The van der Waals surface area contributed by atoms with Crippen molar-refractivity contribution < 1.29 is 9.53 Å². The van der Waals surface area contributed by atoms with Crippen LogP contribution >= 0.6 is 24.0 Å². The number of carbonyl (C=O) groups excluding carboxylic acids is 1. The number of thiocarbonyl (C=S) groups is 1. The van der Waals surface area contributed by atoms with Crippen molar-refractivity contribution >= 4 is 46.1 Å². The molecule has 0 aliphatic carbocycles. The third-order valence-corrected chi connectivity index (χ3v) is 7.39. The maximum atomic E-state index is 13.2. The summed E-state index contributed by atoms with van der Waals surface area (Å²) in [5.74, 6) is 0.696. The Morgan fingerprint density at radius 3 is 2.55 bits per heavy atom. The highest BCUT2D eigenvalue weighted by atomic mass is 32.2. The molecule has 1 aromatic heterocycles. The SMILES string of the molecule is CCCCn1c(N2CCCC2)c(/C=C2\SC(=S)N(CCCOCC)C2=O)c(C)c(C#N)c1=O. The quantitative estimate of drug-likeness (QED) is 0.279. The van der Waals surface area contributed by atoms with Gasteiger partial charge in [0.25, 0.3) is 11.5 Å². The number of ether oxygens (including phenoxy) is 1. The van der Waals surface area contributed by atoms with Crippen molar-refractivity contribution in [2.24, 2.45) is 0 Å². The minimum Gasteiger partial charge on any atom is -0.382 e. The average Bonchev–Trinajstić information content (AvgIpc) is 3.41. The van der Waals surface area contributed by atoms with E-state index < -0.39 is 0 Å². The molecule has 1 amide bonds. The highest BCUT2D eigenvalue weighted by molar-refractivity contribution is 8.26. The summed E-state index contributed by atoms with van der Waals surface area (Å²) in [6, 6.07) is 2.11. The molecule has 0 spiro atoms. The summed E-state index contributed by atoms with van der Waals surface area (Å²) in [4.78, 5) is 30.8. The van der Waals surface area contributed by atoms with E-state index in [4.69, 9.17) is 17.0 Å². The molecule has 2 fully saturated rings. The van der Waals surface area contributed by atoms with Gasteiger partial charge in [0.1, 0.15) is 21.8 Å². The molecule has 0 saturated carbocycles. The number of hydrogen-bond donors (Lipinski definition) is 0. The lowest BCUT2D eigenvalue weighted by atomic mass is 10.0. The Bertz CT molecular complexity index is 1040. The summed E-state index contributed by atoms with van der Waals surface area (Å²) in [6.45, 7) is 9.83. The number of thioether (sulfide) groups is 1. The number of carbonyl (C=O) groups is 1. The second kappa shape index (κ2) is 11.8. The zero-order valence-electron chi connectivity index (χ0n) is 19.7. The summed E-state index contributed by atoms with van der Waals surface area (Å²) >= 11 is 6.76. The Labute approximate surface area is 205 Å². The predicted octanol–water partition coefficient (Wildman–Crippen LogP) is 4.06. The van der Waals surface area contributed by atoms with E-state index in [0.717, 1.165) is 50.2 Å². The van der Waals surface area contributed by atoms with Crippen molar-refractivity contribution in [1.82, 2.24) is 9.47 Å². The Morgan fingerprint density at radius 2 is 1.91 bits per heavy atom. The van der Waals surface area contributed by atoms with E-state index in [1.807, 2.05) is 13.0 Å². The molecule has 9 heteroatoms. The van der Waals surface area contributed by atoms with Crippen molar-refractivity contribution in [3.8, 4) is 6.07 Å². The summed E-state index contributed by atoms with van der Waals surface area (Å²) in [6.07, 6.45) is 6.46. The largest absolute Gasteiger partial charge is 0.382 e. The van der Waals surface area contributed by atoms with Gasteiger partial charge in [0.05, 0.1) is 4.91 Å². The minimum absolute atomic E-state index is 0.127. The van der Waals surface area contributed by atoms with Gasteiger partial charge in [0, 0.05) is 45.0 Å². The van der Waals surface area contributed by atoms with Crippen LogP contribution in [0.25, 0.3) is 6.08 Å². The molecule has 2 aliphatic rings. The van der Waals surface area contributed by atoms with Gasteiger partial charge < -0.3 is 9.64 Å². The molecule has 33 heavy (non-hydrogen) atoms. The molecular weight excluding hydrogens is 456 g/mol. The Hall–Kier alpha value is -2.15. The number of hydrogen-bond acceptors (Lipinski definition) is 7. The van der Waals surface area contributed by atoms with Crippen molar-refractivity contribution in [2.45, 2.75) is 59.4 Å². The van der Waals surface area contributed by atoms with E-state index in [2.05, 4.69) is 17.9 Å². The van der Waals surface area contributed by atoms with Crippen LogP contribution in [0.4, 0.5) is 5.82 Å². The number of rotatable bonds is 10. The maximum absolute atomic E-state index is 13.2. The number of aromatic nitrogens is 1. The normalized spacial score (nSPS) is 17.5. The molecule has 0 unspecified atom stereocenters. The van der Waals surface area contributed by atoms with Gasteiger partial charge in [-0.05, 0) is 51.2 Å². The predicted molar refractivity (Wildman–Crippen MR) is 137 cm³/mol. The van der Waals surface area contributed by atoms with Crippen molar-refractivity contribution in [1.29, 1.82) is 5.26 Å². The fourth-order valence-corrected chi connectivity index (χ4v) is 5.52. The minimum atomic E-state index is -0.244. The van der Waals surface area contributed by atoms with E-state index >= 15 is 0 Å². The summed E-state index contributed by atoms with van der Waals surface area (Å²) in [5, 5.41) is 9.76. The van der Waals surface area contributed by atoms with Crippen LogP contribution in [0.1, 0.15) is 62.6 Å². The fourth-order valence-electron chi connectivity index (χ4n) is 4.23. The van der Waals surface area contributed by atoms with E-state index in [1.54, 1.807) is 16.4 Å². The highest BCUT2D eigenvalue weighted by Gasteiger charge is 2.33. The molecule has 0 aromatic carbocycles. The Morgan fingerprint density at radius 1 is 1.18 bits per heavy atom. The molecule has 3 heterocycles. The molecule has 2 saturated heterocycles. The first-order valence-electron chi connectivity index (χ1n) is 11.7. The van der Waals surface area contributed by atoms with Crippen molar-refractivity contribution in [3.05, 3.63) is 31.9 Å². The first-order chi connectivity index (χ1) is 15.9. The van der Waals surface area contributed by atoms with Crippen molar-refractivity contribution in [2.75, 3.05) is 37.7 Å². The van der Waals surface area contributed by atoms with Gasteiger partial charge in [-0.2, -0.15) is 5.26 Å². The van der Waals surface area contributed by atoms with Crippen LogP contribution in [0.2, 0.25) is 0 Å². The zero-order valence-corrected chi connectivity index (χ0v) is 21.3. The molecule has 3 rings (SSSR count). The number of pyridine rings is 1. The number of amides is 1. The molecule has 2 aliphatic heterocycles. The van der Waals surface area contributed by atoms with Crippen LogP contribution in [0.15, 0.2) is 9.70 Å². The van der Waals surface area contributed by atoms with Gasteiger partial charge in [-0.25, -0.2) is 0 Å². The number of nitrogens with zero attached hydrogens (tertiary/aromatic N) is 4. The summed E-state index contributed by atoms with van der Waals surface area (Å²) in [5.41, 5.74) is 1.30. The number of nitriles is 1. The average molecular weight is 489 g/mol. The van der Waals surface area contributed by atoms with Crippen LogP contribution < -0.4 is 10.5 Å². The van der Waals surface area contributed by atoms with Crippen molar-refractivity contribution in [3.63, 3.8) is 0 Å². The van der Waals surface area contributed by atoms with Crippen LogP contribution in [0, 0.1) is 18.3 Å². The monoisotopic (exact) mass is 488 g/mol. The van der Waals surface area contributed by atoms with Gasteiger partial charge in [-0.15, -0.1) is 0 Å². The third-order valence-electron chi connectivity index (χ3n) is 6.01. The van der Waals surface area contributed by atoms with Crippen LogP contribution in [-0.2, 0) is 16.1 Å². The number of anilines is 1. The second-order valence-corrected chi connectivity index (χ2v) is 9.91. The van der Waals surface area contributed by atoms with E-state index in [9.17, 15) is 14.9 Å². The van der Waals surface area contributed by atoms with Crippen LogP contribution in [-0.4, -0.2) is 52.5 Å². The molecule has 0 radical (unpaired) electrons. The smallest absolute Gasteiger partial charge is 0.270 e. The van der Waals surface area contributed by atoms with Gasteiger partial charge in [0.2, 0.25) is 0 Å². The van der Waals surface area contributed by atoms with Gasteiger partial charge >= 0.3 is 0 Å². The topological polar surface area (TPSA) is 78.6 Å². The Kier molecular flexibility index (Phi) is 9.12. The van der Waals surface area contributed by atoms with Crippen LogP contribution in [0.5, 0.6) is 0 Å².